The van der Waals surface area contributed by atoms with Gasteiger partial charge in [-0.25, -0.2) is 12.7 Å². The zero-order valence-corrected chi connectivity index (χ0v) is 17.0. The first kappa shape index (κ1) is 18.7. The van der Waals surface area contributed by atoms with Gasteiger partial charge in [0.2, 0.25) is 0 Å². The molecule has 1 amide bonds. The van der Waals surface area contributed by atoms with Gasteiger partial charge in [0.25, 0.3) is 15.9 Å². The highest BCUT2D eigenvalue weighted by molar-refractivity contribution is 7.99. The third kappa shape index (κ3) is 3.00. The van der Waals surface area contributed by atoms with Crippen LogP contribution < -0.4 is 0 Å². The summed E-state index contributed by atoms with van der Waals surface area (Å²) in [6.45, 7) is 2.09. The SMILES string of the molecule is Cc1ccccc1-c1nnc(SCCN2C(=O)c3ccccc3S2(=O)=O)n1C. The summed E-state index contributed by atoms with van der Waals surface area (Å²) in [5.74, 6) is 0.659. The van der Waals surface area contributed by atoms with Gasteiger partial charge in [-0.3, -0.25) is 4.79 Å². The molecule has 0 saturated carbocycles. The minimum atomic E-state index is -3.78. The zero-order valence-electron chi connectivity index (χ0n) is 15.4. The molecule has 1 aliphatic rings. The van der Waals surface area contributed by atoms with E-state index >= 15 is 0 Å². The predicted molar refractivity (Wildman–Crippen MR) is 107 cm³/mol. The smallest absolute Gasteiger partial charge is 0.269 e. The van der Waals surface area contributed by atoms with Crippen LogP contribution in [0.3, 0.4) is 0 Å². The van der Waals surface area contributed by atoms with Crippen molar-refractivity contribution in [1.29, 1.82) is 0 Å². The van der Waals surface area contributed by atoms with Gasteiger partial charge in [0, 0.05) is 24.9 Å². The Kier molecular flexibility index (Phi) is 4.72. The number of aromatic nitrogens is 3. The summed E-state index contributed by atoms with van der Waals surface area (Å²) in [4.78, 5) is 12.5. The molecule has 9 heteroatoms. The Balaban J connectivity index is 1.49. The van der Waals surface area contributed by atoms with Crippen molar-refractivity contribution < 1.29 is 13.2 Å². The fourth-order valence-corrected chi connectivity index (χ4v) is 5.69. The monoisotopic (exact) mass is 414 g/mol. The lowest BCUT2D eigenvalue weighted by Gasteiger charge is -2.14. The van der Waals surface area contributed by atoms with Gasteiger partial charge >= 0.3 is 0 Å². The summed E-state index contributed by atoms with van der Waals surface area (Å²) in [5, 5.41) is 9.15. The Morgan fingerprint density at radius 1 is 1.00 bits per heavy atom. The number of carbonyl (C=O) groups excluding carboxylic acids is 1. The van der Waals surface area contributed by atoms with Gasteiger partial charge in [-0.2, -0.15) is 0 Å². The molecular formula is C19H18N4O3S2. The van der Waals surface area contributed by atoms with Crippen LogP contribution in [0.4, 0.5) is 0 Å². The Bertz CT molecular complexity index is 1170. The molecule has 2 heterocycles. The number of carbonyl (C=O) groups is 1. The van der Waals surface area contributed by atoms with Crippen LogP contribution in [0.1, 0.15) is 15.9 Å². The topological polar surface area (TPSA) is 85.2 Å². The Labute approximate surface area is 167 Å². The molecule has 4 rings (SSSR count). The molecule has 0 atom stereocenters. The quantitative estimate of drug-likeness (QED) is 0.597. The summed E-state index contributed by atoms with van der Waals surface area (Å²) < 4.78 is 28.0. The van der Waals surface area contributed by atoms with Gasteiger partial charge in [0.15, 0.2) is 11.0 Å². The number of aryl methyl sites for hydroxylation is 1. The van der Waals surface area contributed by atoms with Crippen molar-refractivity contribution in [2.24, 2.45) is 7.05 Å². The first-order chi connectivity index (χ1) is 13.4. The summed E-state index contributed by atoms with van der Waals surface area (Å²) in [6.07, 6.45) is 0. The average Bonchev–Trinajstić information content (AvgIpc) is 3.13. The molecule has 0 aliphatic carbocycles. The van der Waals surface area contributed by atoms with Gasteiger partial charge in [0.1, 0.15) is 4.90 Å². The van der Waals surface area contributed by atoms with Crippen LogP contribution in [-0.2, 0) is 17.1 Å². The highest BCUT2D eigenvalue weighted by Gasteiger charge is 2.40. The van der Waals surface area contributed by atoms with E-state index in [1.54, 1.807) is 18.2 Å². The number of hydrogen-bond donors (Lipinski definition) is 0. The summed E-state index contributed by atoms with van der Waals surface area (Å²) >= 11 is 1.37. The molecule has 0 spiro atoms. The van der Waals surface area contributed by atoms with Gasteiger partial charge in [-0.15, -0.1) is 10.2 Å². The van der Waals surface area contributed by atoms with E-state index in [9.17, 15) is 13.2 Å². The van der Waals surface area contributed by atoms with Gasteiger partial charge in [-0.05, 0) is 24.6 Å². The molecule has 0 bridgehead atoms. The minimum absolute atomic E-state index is 0.0745. The van der Waals surface area contributed by atoms with Crippen LogP contribution in [0.25, 0.3) is 11.4 Å². The molecule has 144 valence electrons. The van der Waals surface area contributed by atoms with E-state index in [1.807, 2.05) is 42.8 Å². The van der Waals surface area contributed by atoms with Gasteiger partial charge < -0.3 is 4.57 Å². The fraction of sp³-hybridized carbons (Fsp3) is 0.211. The fourth-order valence-electron chi connectivity index (χ4n) is 3.17. The number of rotatable bonds is 5. The standard InChI is InChI=1S/C19H18N4O3S2/c1-13-7-3-4-8-14(13)17-20-21-19(22(17)2)27-12-11-23-18(24)15-9-5-6-10-16(15)28(23,25)26/h3-10H,11-12H2,1-2H3. The van der Waals surface area contributed by atoms with E-state index in [4.69, 9.17) is 0 Å². The van der Waals surface area contributed by atoms with Crippen LogP contribution in [0.2, 0.25) is 0 Å². The lowest BCUT2D eigenvalue weighted by molar-refractivity contribution is 0.0876. The number of fused-ring (bicyclic) bond motifs is 1. The van der Waals surface area contributed by atoms with Crippen molar-refractivity contribution in [2.75, 3.05) is 12.3 Å². The zero-order chi connectivity index (χ0) is 19.9. The predicted octanol–water partition coefficient (Wildman–Crippen LogP) is 2.73. The third-order valence-corrected chi connectivity index (χ3v) is 7.50. The summed E-state index contributed by atoms with van der Waals surface area (Å²) in [6, 6.07) is 14.2. The van der Waals surface area contributed by atoms with Gasteiger partial charge in [0.05, 0.1) is 5.56 Å². The molecule has 0 fully saturated rings. The first-order valence-corrected chi connectivity index (χ1v) is 11.1. The number of nitrogens with zero attached hydrogens (tertiary/aromatic N) is 4. The van der Waals surface area contributed by atoms with Crippen LogP contribution >= 0.6 is 11.8 Å². The maximum Gasteiger partial charge on any atom is 0.269 e. The van der Waals surface area contributed by atoms with E-state index < -0.39 is 15.9 Å². The Hall–Kier alpha value is -2.65. The van der Waals surface area contributed by atoms with E-state index in [0.717, 1.165) is 21.3 Å². The second-order valence-electron chi connectivity index (χ2n) is 6.41. The molecule has 0 radical (unpaired) electrons. The molecule has 28 heavy (non-hydrogen) atoms. The molecule has 3 aromatic rings. The molecule has 0 unspecified atom stereocenters. The minimum Gasteiger partial charge on any atom is -0.305 e. The highest BCUT2D eigenvalue weighted by atomic mass is 32.2. The van der Waals surface area contributed by atoms with Crippen molar-refractivity contribution in [3.05, 3.63) is 59.7 Å². The van der Waals surface area contributed by atoms with Crippen LogP contribution in [-0.4, -0.2) is 45.7 Å². The van der Waals surface area contributed by atoms with Crippen molar-refractivity contribution in [1.82, 2.24) is 19.1 Å². The maximum absolute atomic E-state index is 12.6. The summed E-state index contributed by atoms with van der Waals surface area (Å²) in [7, 11) is -1.90. The Morgan fingerprint density at radius 2 is 1.68 bits per heavy atom. The number of sulfonamides is 1. The number of hydrogen-bond acceptors (Lipinski definition) is 6. The van der Waals surface area contributed by atoms with Crippen molar-refractivity contribution in [3.8, 4) is 11.4 Å². The maximum atomic E-state index is 12.6. The van der Waals surface area contributed by atoms with Crippen molar-refractivity contribution in [2.45, 2.75) is 17.0 Å². The molecule has 2 aromatic carbocycles. The molecule has 1 aliphatic heterocycles. The third-order valence-electron chi connectivity index (χ3n) is 4.66. The van der Waals surface area contributed by atoms with E-state index in [1.165, 1.54) is 17.8 Å². The molecular weight excluding hydrogens is 396 g/mol. The van der Waals surface area contributed by atoms with Crippen LogP contribution in [0, 0.1) is 6.92 Å². The molecule has 1 aromatic heterocycles. The lowest BCUT2D eigenvalue weighted by atomic mass is 10.1. The highest BCUT2D eigenvalue weighted by Crippen LogP contribution is 2.31. The van der Waals surface area contributed by atoms with Crippen molar-refractivity contribution in [3.63, 3.8) is 0 Å². The molecule has 0 saturated heterocycles. The van der Waals surface area contributed by atoms with Crippen molar-refractivity contribution >= 4 is 27.7 Å². The van der Waals surface area contributed by atoms with E-state index in [-0.39, 0.29) is 17.0 Å². The second kappa shape index (κ2) is 7.06. The van der Waals surface area contributed by atoms with E-state index in [0.29, 0.717) is 10.9 Å². The first-order valence-electron chi connectivity index (χ1n) is 8.65. The molecule has 0 N–H and O–H groups in total. The van der Waals surface area contributed by atoms with E-state index in [2.05, 4.69) is 10.2 Å². The number of amides is 1. The number of thioether (sulfide) groups is 1. The Morgan fingerprint density at radius 3 is 2.39 bits per heavy atom. The second-order valence-corrected chi connectivity index (χ2v) is 9.30. The summed E-state index contributed by atoms with van der Waals surface area (Å²) in [5.41, 5.74) is 2.33. The van der Waals surface area contributed by atoms with Crippen LogP contribution in [0.5, 0.6) is 0 Å². The average molecular weight is 415 g/mol. The molecule has 7 nitrogen and oxygen atoms in total. The van der Waals surface area contributed by atoms with Crippen LogP contribution in [0.15, 0.2) is 58.6 Å². The lowest BCUT2D eigenvalue weighted by Crippen LogP contribution is -2.32. The number of benzene rings is 2. The normalized spacial score (nSPS) is 15.1. The largest absolute Gasteiger partial charge is 0.305 e. The van der Waals surface area contributed by atoms with Gasteiger partial charge in [-0.1, -0.05) is 48.2 Å².